The molecule has 118 valence electrons. The molecule has 1 aliphatic rings. The molecule has 0 aromatic heterocycles. The van der Waals surface area contributed by atoms with Crippen molar-refractivity contribution >= 4 is 18.0 Å². The summed E-state index contributed by atoms with van der Waals surface area (Å²) in [5, 5.41) is 0. The molecule has 22 heavy (non-hydrogen) atoms. The lowest BCUT2D eigenvalue weighted by Gasteiger charge is -2.11. The Kier molecular flexibility index (Phi) is 5.04. The van der Waals surface area contributed by atoms with Gasteiger partial charge in [0.05, 0.1) is 18.3 Å². The molecule has 0 unspecified atom stereocenters. The van der Waals surface area contributed by atoms with Crippen LogP contribution in [0.4, 0.5) is 0 Å². The van der Waals surface area contributed by atoms with Crippen molar-refractivity contribution in [3.8, 4) is 11.5 Å². The van der Waals surface area contributed by atoms with Gasteiger partial charge >= 0.3 is 11.9 Å². The summed E-state index contributed by atoms with van der Waals surface area (Å²) in [6, 6.07) is 3.23. The molecule has 2 rings (SSSR count). The van der Waals surface area contributed by atoms with Gasteiger partial charge in [-0.3, -0.25) is 0 Å². The average molecular weight is 306 g/mol. The molecule has 6 heteroatoms. The second-order valence-electron chi connectivity index (χ2n) is 4.80. The highest BCUT2D eigenvalue weighted by molar-refractivity contribution is 5.98. The number of hydrogen-bond donors (Lipinski definition) is 0. The van der Waals surface area contributed by atoms with E-state index in [2.05, 4.69) is 0 Å². The van der Waals surface area contributed by atoms with Crippen LogP contribution in [0.3, 0.4) is 0 Å². The van der Waals surface area contributed by atoms with Crippen LogP contribution in [0.15, 0.2) is 18.2 Å². The molecule has 6 nitrogen and oxygen atoms in total. The molecule has 1 aliphatic heterocycles. The van der Waals surface area contributed by atoms with E-state index in [1.54, 1.807) is 32.9 Å². The fourth-order valence-electron chi connectivity index (χ4n) is 1.96. The molecule has 0 bridgehead atoms. The fraction of sp³-hybridized carbons (Fsp3) is 0.375. The monoisotopic (exact) mass is 306 g/mol. The Hall–Kier alpha value is -2.50. The Morgan fingerprint density at radius 2 is 2.09 bits per heavy atom. The zero-order valence-corrected chi connectivity index (χ0v) is 12.8. The molecule has 0 saturated heterocycles. The van der Waals surface area contributed by atoms with Gasteiger partial charge in [-0.1, -0.05) is 0 Å². The van der Waals surface area contributed by atoms with Crippen LogP contribution in [0.2, 0.25) is 0 Å². The minimum Gasteiger partial charge on any atom is -0.463 e. The Morgan fingerprint density at radius 1 is 1.32 bits per heavy atom. The molecular formula is C16H18O6. The van der Waals surface area contributed by atoms with Crippen molar-refractivity contribution in [2.75, 3.05) is 13.4 Å². The predicted molar refractivity (Wildman–Crippen MR) is 78.8 cm³/mol. The summed E-state index contributed by atoms with van der Waals surface area (Å²) in [5.41, 5.74) is 0.743. The molecule has 1 heterocycles. The Balaban J connectivity index is 2.37. The van der Waals surface area contributed by atoms with E-state index in [0.29, 0.717) is 22.6 Å². The van der Waals surface area contributed by atoms with E-state index in [1.165, 1.54) is 12.2 Å². The molecule has 0 atom stereocenters. The fourth-order valence-corrected chi connectivity index (χ4v) is 1.96. The molecule has 1 aromatic rings. The van der Waals surface area contributed by atoms with Gasteiger partial charge in [0.25, 0.3) is 0 Å². The van der Waals surface area contributed by atoms with Gasteiger partial charge in [-0.15, -0.1) is 0 Å². The molecule has 0 radical (unpaired) electrons. The standard InChI is InChI=1S/C16H18O6/c1-4-19-14(17)8-6-11-12(16(18)22-10(2)3)5-7-13-15(11)21-9-20-13/h5-8,10H,4,9H2,1-3H3/b8-6+. The number of rotatable bonds is 5. The number of carbonyl (C=O) groups is 2. The molecule has 1 aromatic carbocycles. The number of ether oxygens (including phenoxy) is 4. The number of esters is 2. The number of fused-ring (bicyclic) bond motifs is 1. The topological polar surface area (TPSA) is 71.1 Å². The Bertz CT molecular complexity index is 603. The third kappa shape index (κ3) is 3.58. The van der Waals surface area contributed by atoms with Crippen molar-refractivity contribution in [3.63, 3.8) is 0 Å². The lowest BCUT2D eigenvalue weighted by Crippen LogP contribution is -2.13. The maximum atomic E-state index is 12.2. The van der Waals surface area contributed by atoms with E-state index in [0.717, 1.165) is 0 Å². The maximum Gasteiger partial charge on any atom is 0.339 e. The van der Waals surface area contributed by atoms with E-state index in [1.807, 2.05) is 0 Å². The summed E-state index contributed by atoms with van der Waals surface area (Å²) in [4.78, 5) is 23.7. The third-order valence-corrected chi connectivity index (χ3v) is 2.81. The van der Waals surface area contributed by atoms with Crippen molar-refractivity contribution in [2.45, 2.75) is 26.9 Å². The first-order valence-electron chi connectivity index (χ1n) is 7.01. The molecule has 0 spiro atoms. The number of hydrogen-bond acceptors (Lipinski definition) is 6. The van der Waals surface area contributed by atoms with Crippen molar-refractivity contribution in [1.82, 2.24) is 0 Å². The molecule has 0 amide bonds. The molecule has 0 N–H and O–H groups in total. The van der Waals surface area contributed by atoms with E-state index in [-0.39, 0.29) is 19.5 Å². The second kappa shape index (κ2) is 6.98. The van der Waals surface area contributed by atoms with Crippen molar-refractivity contribution < 1.29 is 28.5 Å². The van der Waals surface area contributed by atoms with Gasteiger partial charge in [0.1, 0.15) is 0 Å². The summed E-state index contributed by atoms with van der Waals surface area (Å²) in [5.74, 6) is -0.0534. The normalized spacial score (nSPS) is 12.7. The number of carbonyl (C=O) groups excluding carboxylic acids is 2. The second-order valence-corrected chi connectivity index (χ2v) is 4.80. The number of benzene rings is 1. The minimum atomic E-state index is -0.498. The van der Waals surface area contributed by atoms with Gasteiger partial charge in [-0.05, 0) is 39.0 Å². The van der Waals surface area contributed by atoms with Crippen LogP contribution in [0.5, 0.6) is 11.5 Å². The first-order valence-corrected chi connectivity index (χ1v) is 7.01. The van der Waals surface area contributed by atoms with Gasteiger partial charge in [-0.25, -0.2) is 9.59 Å². The van der Waals surface area contributed by atoms with Crippen LogP contribution < -0.4 is 9.47 Å². The smallest absolute Gasteiger partial charge is 0.339 e. The first kappa shape index (κ1) is 15.9. The predicted octanol–water partition coefficient (Wildman–Crippen LogP) is 2.56. The van der Waals surface area contributed by atoms with Gasteiger partial charge in [0, 0.05) is 11.6 Å². The molecule has 0 saturated carbocycles. The highest BCUT2D eigenvalue weighted by atomic mass is 16.7. The molecular weight excluding hydrogens is 288 g/mol. The Labute approximate surface area is 128 Å². The molecule has 0 fully saturated rings. The van der Waals surface area contributed by atoms with Crippen LogP contribution >= 0.6 is 0 Å². The lowest BCUT2D eigenvalue weighted by atomic mass is 10.0. The van der Waals surface area contributed by atoms with E-state index >= 15 is 0 Å². The van der Waals surface area contributed by atoms with Crippen LogP contribution in [-0.2, 0) is 14.3 Å². The summed E-state index contributed by atoms with van der Waals surface area (Å²) in [7, 11) is 0. The lowest BCUT2D eigenvalue weighted by molar-refractivity contribution is -0.137. The van der Waals surface area contributed by atoms with E-state index < -0.39 is 11.9 Å². The maximum absolute atomic E-state index is 12.2. The van der Waals surface area contributed by atoms with Crippen LogP contribution in [0, 0.1) is 0 Å². The quantitative estimate of drug-likeness (QED) is 0.615. The summed E-state index contributed by atoms with van der Waals surface area (Å²) < 4.78 is 20.7. The third-order valence-electron chi connectivity index (χ3n) is 2.81. The molecule has 0 aliphatic carbocycles. The highest BCUT2D eigenvalue weighted by Gasteiger charge is 2.23. The van der Waals surface area contributed by atoms with Gasteiger partial charge < -0.3 is 18.9 Å². The largest absolute Gasteiger partial charge is 0.463 e. The summed E-state index contributed by atoms with van der Waals surface area (Å²) in [6.07, 6.45) is 2.47. The van der Waals surface area contributed by atoms with Gasteiger partial charge in [-0.2, -0.15) is 0 Å². The van der Waals surface area contributed by atoms with Gasteiger partial charge in [0.2, 0.25) is 6.79 Å². The van der Waals surface area contributed by atoms with Crippen molar-refractivity contribution in [1.29, 1.82) is 0 Å². The highest BCUT2D eigenvalue weighted by Crippen LogP contribution is 2.38. The zero-order valence-electron chi connectivity index (χ0n) is 12.8. The van der Waals surface area contributed by atoms with Crippen LogP contribution in [0.25, 0.3) is 6.08 Å². The minimum absolute atomic E-state index is 0.0677. The van der Waals surface area contributed by atoms with Crippen LogP contribution in [0.1, 0.15) is 36.7 Å². The zero-order chi connectivity index (χ0) is 16.1. The summed E-state index contributed by atoms with van der Waals surface area (Å²) >= 11 is 0. The van der Waals surface area contributed by atoms with Crippen molar-refractivity contribution in [3.05, 3.63) is 29.3 Å². The first-order chi connectivity index (χ1) is 10.5. The Morgan fingerprint density at radius 3 is 2.77 bits per heavy atom. The van der Waals surface area contributed by atoms with Crippen LogP contribution in [-0.4, -0.2) is 31.4 Å². The van der Waals surface area contributed by atoms with E-state index in [4.69, 9.17) is 18.9 Å². The van der Waals surface area contributed by atoms with Gasteiger partial charge in [0.15, 0.2) is 11.5 Å². The SMILES string of the molecule is CCOC(=O)/C=C/c1c(C(=O)OC(C)C)ccc2c1OCO2. The summed E-state index contributed by atoms with van der Waals surface area (Å²) in [6.45, 7) is 5.59. The van der Waals surface area contributed by atoms with E-state index in [9.17, 15) is 9.59 Å². The van der Waals surface area contributed by atoms with Crippen molar-refractivity contribution in [2.24, 2.45) is 0 Å². The average Bonchev–Trinajstić information content (AvgIpc) is 2.92.